The predicted molar refractivity (Wildman–Crippen MR) is 118 cm³/mol. The summed E-state index contributed by atoms with van der Waals surface area (Å²) in [6.45, 7) is 0.194. The maximum Gasteiger partial charge on any atom is 0.296 e. The van der Waals surface area contributed by atoms with Gasteiger partial charge in [0, 0.05) is 11.8 Å². The van der Waals surface area contributed by atoms with E-state index in [4.69, 9.17) is 14.2 Å². The molecule has 1 atom stereocenters. The van der Waals surface area contributed by atoms with Crippen molar-refractivity contribution < 1.29 is 28.9 Å². The third-order valence-corrected chi connectivity index (χ3v) is 5.68. The lowest BCUT2D eigenvalue weighted by Gasteiger charge is -2.25. The fourth-order valence-corrected chi connectivity index (χ4v) is 4.04. The number of aromatic nitrogens is 1. The first-order valence-corrected chi connectivity index (χ1v) is 10.3. The van der Waals surface area contributed by atoms with E-state index in [2.05, 4.69) is 4.98 Å². The quantitative estimate of drug-likeness (QED) is 0.366. The topological polar surface area (TPSA) is 98.2 Å². The molecule has 3 aromatic rings. The van der Waals surface area contributed by atoms with Gasteiger partial charge in [0.2, 0.25) is 6.79 Å². The van der Waals surface area contributed by atoms with E-state index in [1.54, 1.807) is 67.9 Å². The molecule has 8 heteroatoms. The number of likely N-dealkylation sites (tertiary alicyclic amines) is 1. The summed E-state index contributed by atoms with van der Waals surface area (Å²) in [5.74, 6) is -0.102. The maximum absolute atomic E-state index is 13.2. The number of ether oxygens (including phenoxy) is 3. The summed E-state index contributed by atoms with van der Waals surface area (Å²) < 4.78 is 16.0. The number of pyridine rings is 1. The molecule has 0 bridgehead atoms. The largest absolute Gasteiger partial charge is 0.507 e. The van der Waals surface area contributed by atoms with E-state index in [0.29, 0.717) is 34.1 Å². The second-order valence-corrected chi connectivity index (χ2v) is 7.59. The van der Waals surface area contributed by atoms with Crippen molar-refractivity contribution in [2.75, 3.05) is 13.9 Å². The molecule has 166 valence electrons. The van der Waals surface area contributed by atoms with Gasteiger partial charge in [-0.3, -0.25) is 14.6 Å². The molecule has 0 radical (unpaired) electrons. The first-order valence-electron chi connectivity index (χ1n) is 10.3. The van der Waals surface area contributed by atoms with Crippen molar-refractivity contribution in [3.8, 4) is 17.2 Å². The number of carbonyl (C=O) groups excluding carboxylic acids is 2. The summed E-state index contributed by atoms with van der Waals surface area (Å²) in [5, 5.41) is 11.2. The number of benzene rings is 2. The van der Waals surface area contributed by atoms with Crippen molar-refractivity contribution in [2.45, 2.75) is 12.6 Å². The molecule has 0 saturated carbocycles. The van der Waals surface area contributed by atoms with Crippen LogP contribution in [0.3, 0.4) is 0 Å². The molecule has 5 rings (SSSR count). The Morgan fingerprint density at radius 2 is 1.88 bits per heavy atom. The standard InChI is InChI=1S/C25H20N2O6/c1-31-18-8-5-15(6-9-18)22-21(23(28)16-7-10-19-20(12-16)33-14-32-19)24(29)25(30)27(22)13-17-4-2-3-11-26-17/h2-12,22,28H,13-14H2,1H3/b23-21-. The monoisotopic (exact) mass is 444 g/mol. The van der Waals surface area contributed by atoms with E-state index in [1.807, 2.05) is 6.07 Å². The molecular formula is C25H20N2O6. The minimum atomic E-state index is -0.802. The average Bonchev–Trinajstić information content (AvgIpc) is 3.42. The van der Waals surface area contributed by atoms with Crippen LogP contribution in [0.2, 0.25) is 0 Å². The Morgan fingerprint density at radius 1 is 1.09 bits per heavy atom. The first-order chi connectivity index (χ1) is 16.1. The van der Waals surface area contributed by atoms with Crippen LogP contribution in [-0.2, 0) is 16.1 Å². The van der Waals surface area contributed by atoms with Crippen molar-refractivity contribution in [3.63, 3.8) is 0 Å². The van der Waals surface area contributed by atoms with Crippen molar-refractivity contribution in [1.82, 2.24) is 9.88 Å². The van der Waals surface area contributed by atoms with Crippen LogP contribution in [0, 0.1) is 0 Å². The number of methoxy groups -OCH3 is 1. The van der Waals surface area contributed by atoms with E-state index < -0.39 is 17.7 Å². The highest BCUT2D eigenvalue weighted by atomic mass is 16.7. The highest BCUT2D eigenvalue weighted by Crippen LogP contribution is 2.42. The minimum Gasteiger partial charge on any atom is -0.507 e. The summed E-state index contributed by atoms with van der Waals surface area (Å²) >= 11 is 0. The van der Waals surface area contributed by atoms with Gasteiger partial charge >= 0.3 is 0 Å². The molecule has 0 spiro atoms. The van der Waals surface area contributed by atoms with Gasteiger partial charge in [-0.25, -0.2) is 0 Å². The molecule has 1 saturated heterocycles. The third-order valence-electron chi connectivity index (χ3n) is 5.68. The van der Waals surface area contributed by atoms with Crippen molar-refractivity contribution in [1.29, 1.82) is 0 Å². The fraction of sp³-hybridized carbons (Fsp3) is 0.160. The number of fused-ring (bicyclic) bond motifs is 1. The number of ketones is 1. The van der Waals surface area contributed by atoms with Crippen LogP contribution in [0.5, 0.6) is 17.2 Å². The van der Waals surface area contributed by atoms with Crippen LogP contribution < -0.4 is 14.2 Å². The van der Waals surface area contributed by atoms with Crippen LogP contribution in [0.1, 0.15) is 22.9 Å². The van der Waals surface area contributed by atoms with E-state index in [9.17, 15) is 14.7 Å². The van der Waals surface area contributed by atoms with Gasteiger partial charge in [0.1, 0.15) is 11.5 Å². The fourth-order valence-electron chi connectivity index (χ4n) is 4.04. The molecule has 2 aromatic carbocycles. The molecular weight excluding hydrogens is 424 g/mol. The Labute approximate surface area is 189 Å². The number of carbonyl (C=O) groups is 2. The van der Waals surface area contributed by atoms with Gasteiger partial charge in [-0.1, -0.05) is 18.2 Å². The normalized spacial score (nSPS) is 18.6. The summed E-state index contributed by atoms with van der Waals surface area (Å²) in [5.41, 5.74) is 1.64. The highest BCUT2D eigenvalue weighted by molar-refractivity contribution is 6.46. The number of Topliss-reactive ketones (excluding diaryl/α,β-unsaturated/α-hetero) is 1. The Morgan fingerprint density at radius 3 is 2.61 bits per heavy atom. The lowest BCUT2D eigenvalue weighted by atomic mass is 9.95. The lowest BCUT2D eigenvalue weighted by Crippen LogP contribution is -2.29. The van der Waals surface area contributed by atoms with Crippen LogP contribution in [0.4, 0.5) is 0 Å². The summed E-state index contributed by atoms with van der Waals surface area (Å²) in [4.78, 5) is 31.9. The number of aliphatic hydroxyl groups excluding tert-OH is 1. The Bertz CT molecular complexity index is 1250. The molecule has 1 unspecified atom stereocenters. The zero-order valence-electron chi connectivity index (χ0n) is 17.7. The Balaban J connectivity index is 1.63. The number of hydrogen-bond acceptors (Lipinski definition) is 7. The molecule has 33 heavy (non-hydrogen) atoms. The second kappa shape index (κ2) is 8.31. The van der Waals surface area contributed by atoms with E-state index in [-0.39, 0.29) is 24.7 Å². The van der Waals surface area contributed by atoms with Gasteiger partial charge in [0.15, 0.2) is 11.5 Å². The number of hydrogen-bond donors (Lipinski definition) is 1. The van der Waals surface area contributed by atoms with E-state index in [0.717, 1.165) is 0 Å². The van der Waals surface area contributed by atoms with Gasteiger partial charge in [0.05, 0.1) is 31.0 Å². The molecule has 2 aliphatic heterocycles. The zero-order chi connectivity index (χ0) is 22.9. The molecule has 8 nitrogen and oxygen atoms in total. The zero-order valence-corrected chi connectivity index (χ0v) is 17.7. The Hall–Kier alpha value is -4.33. The van der Waals surface area contributed by atoms with Crippen LogP contribution in [0.25, 0.3) is 5.76 Å². The molecule has 3 heterocycles. The molecule has 1 fully saturated rings. The van der Waals surface area contributed by atoms with Gasteiger partial charge in [-0.15, -0.1) is 0 Å². The van der Waals surface area contributed by atoms with Crippen LogP contribution in [-0.4, -0.2) is 40.6 Å². The van der Waals surface area contributed by atoms with Gasteiger partial charge in [0.25, 0.3) is 11.7 Å². The average molecular weight is 444 g/mol. The van der Waals surface area contributed by atoms with E-state index >= 15 is 0 Å². The molecule has 1 N–H and O–H groups in total. The molecule has 1 amide bonds. The third kappa shape index (κ3) is 3.65. The number of rotatable bonds is 5. The van der Waals surface area contributed by atoms with Crippen LogP contribution >= 0.6 is 0 Å². The van der Waals surface area contributed by atoms with Gasteiger partial charge in [-0.2, -0.15) is 0 Å². The predicted octanol–water partition coefficient (Wildman–Crippen LogP) is 3.44. The minimum absolute atomic E-state index is 0.0000340. The Kier molecular flexibility index (Phi) is 5.18. The van der Waals surface area contributed by atoms with Gasteiger partial charge < -0.3 is 24.2 Å². The van der Waals surface area contributed by atoms with Crippen LogP contribution in [0.15, 0.2) is 72.4 Å². The van der Waals surface area contributed by atoms with Gasteiger partial charge in [-0.05, 0) is 48.0 Å². The lowest BCUT2D eigenvalue weighted by molar-refractivity contribution is -0.140. The van der Waals surface area contributed by atoms with Crippen molar-refractivity contribution in [2.24, 2.45) is 0 Å². The smallest absolute Gasteiger partial charge is 0.296 e. The number of aliphatic hydroxyl groups is 1. The first kappa shape index (κ1) is 20.6. The van der Waals surface area contributed by atoms with E-state index in [1.165, 1.54) is 4.90 Å². The number of nitrogens with zero attached hydrogens (tertiary/aromatic N) is 2. The summed E-state index contributed by atoms with van der Waals surface area (Å²) in [6, 6.07) is 16.5. The maximum atomic E-state index is 13.2. The molecule has 0 aliphatic carbocycles. The molecule has 2 aliphatic rings. The number of amides is 1. The second-order valence-electron chi connectivity index (χ2n) is 7.59. The van der Waals surface area contributed by atoms with Crippen molar-refractivity contribution in [3.05, 3.63) is 89.3 Å². The highest BCUT2D eigenvalue weighted by Gasteiger charge is 2.46. The molecule has 1 aromatic heterocycles. The van der Waals surface area contributed by atoms with Crippen molar-refractivity contribution >= 4 is 17.4 Å². The SMILES string of the molecule is COc1ccc(C2/C(=C(/O)c3ccc4c(c3)OCO4)C(=O)C(=O)N2Cc2ccccn2)cc1. The summed E-state index contributed by atoms with van der Waals surface area (Å²) in [6.07, 6.45) is 1.63. The summed E-state index contributed by atoms with van der Waals surface area (Å²) in [7, 11) is 1.56.